The molecular weight excluding hydrogens is 332 g/mol. The number of fused-ring (bicyclic) bond motifs is 2. The molecule has 4 nitrogen and oxygen atoms in total. The summed E-state index contributed by atoms with van der Waals surface area (Å²) in [5, 5.41) is 4.26. The minimum atomic E-state index is 0.702. The molecule has 3 aromatic heterocycles. The molecule has 1 saturated heterocycles. The largest absolute Gasteiger partial charge is 0.316 e. The molecule has 3 atom stereocenters. The number of hydrogen-bond acceptors (Lipinski definition) is 3. The molecule has 1 aliphatic heterocycles. The molecule has 0 unspecified atom stereocenters. The normalized spacial score (nSPS) is 25.6. The first kappa shape index (κ1) is 15.4. The van der Waals surface area contributed by atoms with Gasteiger partial charge in [-0.1, -0.05) is 17.7 Å². The van der Waals surface area contributed by atoms with E-state index >= 15 is 0 Å². The first-order valence-corrected chi connectivity index (χ1v) is 9.45. The number of halogens is 1. The van der Waals surface area contributed by atoms with E-state index < -0.39 is 0 Å². The van der Waals surface area contributed by atoms with Gasteiger partial charge in [-0.2, -0.15) is 0 Å². The average Bonchev–Trinajstić information content (AvgIpc) is 3.32. The second-order valence-electron chi connectivity index (χ2n) is 7.36. The Bertz CT molecular complexity index is 919. The van der Waals surface area contributed by atoms with Gasteiger partial charge >= 0.3 is 0 Å². The molecule has 128 valence electrons. The van der Waals surface area contributed by atoms with E-state index in [4.69, 9.17) is 16.6 Å². The fraction of sp³-hybridized carbons (Fsp3) is 0.400. The van der Waals surface area contributed by atoms with E-state index in [1.807, 2.05) is 28.9 Å². The van der Waals surface area contributed by atoms with Crippen molar-refractivity contribution in [3.8, 4) is 11.4 Å². The van der Waals surface area contributed by atoms with E-state index in [2.05, 4.69) is 28.5 Å². The third-order valence-corrected chi connectivity index (χ3v) is 6.14. The summed E-state index contributed by atoms with van der Waals surface area (Å²) in [5.41, 5.74) is 4.03. The minimum Gasteiger partial charge on any atom is -0.316 e. The summed E-state index contributed by atoms with van der Waals surface area (Å²) in [5.74, 6) is 2.48. The zero-order valence-electron chi connectivity index (χ0n) is 14.0. The number of nitrogens with zero attached hydrogens (tertiary/aromatic N) is 3. The highest BCUT2D eigenvalue weighted by Crippen LogP contribution is 2.40. The monoisotopic (exact) mass is 352 g/mol. The van der Waals surface area contributed by atoms with Crippen molar-refractivity contribution in [1.82, 2.24) is 19.7 Å². The summed E-state index contributed by atoms with van der Waals surface area (Å²) < 4.78 is 2.01. The fourth-order valence-electron chi connectivity index (χ4n) is 4.67. The summed E-state index contributed by atoms with van der Waals surface area (Å²) in [7, 11) is 0. The SMILES string of the molecule is Clc1ccc2ncc(-c3cccc(C[C@@H]4CC[C@H]5CNC[C@H]54)n3)n2c1. The lowest BCUT2D eigenvalue weighted by Gasteiger charge is -2.17. The Labute approximate surface area is 152 Å². The van der Waals surface area contributed by atoms with E-state index in [1.54, 1.807) is 0 Å². The molecule has 25 heavy (non-hydrogen) atoms. The van der Waals surface area contributed by atoms with Gasteiger partial charge in [-0.05, 0) is 74.4 Å². The zero-order chi connectivity index (χ0) is 16.8. The van der Waals surface area contributed by atoms with Gasteiger partial charge in [-0.15, -0.1) is 0 Å². The minimum absolute atomic E-state index is 0.702. The van der Waals surface area contributed by atoms with Crippen LogP contribution in [-0.2, 0) is 6.42 Å². The van der Waals surface area contributed by atoms with E-state index in [1.165, 1.54) is 31.6 Å². The summed E-state index contributed by atoms with van der Waals surface area (Å²) in [6, 6.07) is 10.1. The van der Waals surface area contributed by atoms with Gasteiger partial charge in [-0.3, -0.25) is 9.38 Å². The molecule has 1 N–H and O–H groups in total. The van der Waals surface area contributed by atoms with Crippen molar-refractivity contribution in [3.63, 3.8) is 0 Å². The maximum atomic E-state index is 6.16. The van der Waals surface area contributed by atoms with Crippen molar-refractivity contribution in [2.75, 3.05) is 13.1 Å². The molecule has 1 aliphatic carbocycles. The van der Waals surface area contributed by atoms with E-state index in [0.29, 0.717) is 5.02 Å². The molecule has 2 aliphatic rings. The summed E-state index contributed by atoms with van der Waals surface area (Å²) in [6.45, 7) is 2.39. The van der Waals surface area contributed by atoms with Crippen LogP contribution in [0.2, 0.25) is 5.02 Å². The Morgan fingerprint density at radius 3 is 3.08 bits per heavy atom. The molecule has 0 bridgehead atoms. The molecule has 5 heteroatoms. The Morgan fingerprint density at radius 2 is 2.12 bits per heavy atom. The molecule has 2 fully saturated rings. The van der Waals surface area contributed by atoms with Crippen LogP contribution in [0.15, 0.2) is 42.7 Å². The van der Waals surface area contributed by atoms with Gasteiger partial charge in [-0.25, -0.2) is 4.98 Å². The van der Waals surface area contributed by atoms with Gasteiger partial charge in [0.1, 0.15) is 5.65 Å². The number of hydrogen-bond donors (Lipinski definition) is 1. The van der Waals surface area contributed by atoms with Crippen LogP contribution < -0.4 is 5.32 Å². The van der Waals surface area contributed by atoms with Gasteiger partial charge in [0.05, 0.1) is 22.6 Å². The van der Waals surface area contributed by atoms with Gasteiger partial charge < -0.3 is 5.32 Å². The molecule has 1 saturated carbocycles. The third kappa shape index (κ3) is 2.74. The molecule has 4 heterocycles. The second-order valence-corrected chi connectivity index (χ2v) is 7.79. The van der Waals surface area contributed by atoms with E-state index in [9.17, 15) is 0 Å². The highest BCUT2D eigenvalue weighted by atomic mass is 35.5. The molecule has 0 radical (unpaired) electrons. The number of pyridine rings is 2. The Balaban J connectivity index is 1.45. The molecule has 3 aromatic rings. The quantitative estimate of drug-likeness (QED) is 0.778. The van der Waals surface area contributed by atoms with Crippen molar-refractivity contribution in [2.45, 2.75) is 19.3 Å². The van der Waals surface area contributed by atoms with E-state index in [0.717, 1.165) is 41.2 Å². The van der Waals surface area contributed by atoms with Crippen LogP contribution in [0.4, 0.5) is 0 Å². The third-order valence-electron chi connectivity index (χ3n) is 5.92. The highest BCUT2D eigenvalue weighted by Gasteiger charge is 2.38. The van der Waals surface area contributed by atoms with Crippen LogP contribution in [0.1, 0.15) is 18.5 Å². The Hall–Kier alpha value is -1.91. The van der Waals surface area contributed by atoms with Gasteiger partial charge in [0.15, 0.2) is 0 Å². The van der Waals surface area contributed by atoms with Gasteiger partial charge in [0.25, 0.3) is 0 Å². The maximum absolute atomic E-state index is 6.16. The predicted molar refractivity (Wildman–Crippen MR) is 99.7 cm³/mol. The lowest BCUT2D eigenvalue weighted by Crippen LogP contribution is -2.18. The molecule has 0 amide bonds. The maximum Gasteiger partial charge on any atom is 0.137 e. The van der Waals surface area contributed by atoms with Crippen molar-refractivity contribution in [2.24, 2.45) is 17.8 Å². The summed E-state index contributed by atoms with van der Waals surface area (Å²) >= 11 is 6.16. The van der Waals surface area contributed by atoms with Crippen molar-refractivity contribution < 1.29 is 0 Å². The Kier molecular flexibility index (Phi) is 3.75. The highest BCUT2D eigenvalue weighted by molar-refractivity contribution is 6.30. The van der Waals surface area contributed by atoms with E-state index in [-0.39, 0.29) is 0 Å². The van der Waals surface area contributed by atoms with Crippen LogP contribution in [0, 0.1) is 17.8 Å². The van der Waals surface area contributed by atoms with Crippen LogP contribution >= 0.6 is 11.6 Å². The smallest absolute Gasteiger partial charge is 0.137 e. The zero-order valence-corrected chi connectivity index (χ0v) is 14.8. The van der Waals surface area contributed by atoms with Crippen molar-refractivity contribution in [3.05, 3.63) is 53.4 Å². The molecule has 0 aromatic carbocycles. The topological polar surface area (TPSA) is 42.2 Å². The first-order chi connectivity index (χ1) is 12.3. The van der Waals surface area contributed by atoms with Crippen LogP contribution in [0.3, 0.4) is 0 Å². The number of aromatic nitrogens is 3. The Morgan fingerprint density at radius 1 is 1.16 bits per heavy atom. The number of rotatable bonds is 3. The molecule has 0 spiro atoms. The van der Waals surface area contributed by atoms with Crippen LogP contribution in [-0.4, -0.2) is 27.5 Å². The number of imidazole rings is 1. The molecule has 5 rings (SSSR count). The molecular formula is C20H21ClN4. The fourth-order valence-corrected chi connectivity index (χ4v) is 4.83. The van der Waals surface area contributed by atoms with Crippen LogP contribution in [0.25, 0.3) is 17.0 Å². The summed E-state index contributed by atoms with van der Waals surface area (Å²) in [4.78, 5) is 9.42. The standard InChI is InChI=1S/C20H21ClN4/c21-15-6-7-20-23-11-19(25(20)12-15)18-3-1-2-16(24-18)8-13-4-5-14-9-22-10-17(13)14/h1-3,6-7,11-14,17,22H,4-5,8-10H2/t13-,14-,17-/m0/s1. The van der Waals surface area contributed by atoms with Gasteiger partial charge in [0.2, 0.25) is 0 Å². The van der Waals surface area contributed by atoms with Crippen molar-refractivity contribution in [1.29, 1.82) is 0 Å². The van der Waals surface area contributed by atoms with Crippen molar-refractivity contribution >= 4 is 17.2 Å². The second kappa shape index (κ2) is 6.11. The summed E-state index contributed by atoms with van der Waals surface area (Å²) in [6.07, 6.45) is 7.57. The van der Waals surface area contributed by atoms with Crippen LogP contribution in [0.5, 0.6) is 0 Å². The average molecular weight is 353 g/mol. The lowest BCUT2D eigenvalue weighted by molar-refractivity contribution is 0.372. The van der Waals surface area contributed by atoms with Gasteiger partial charge in [0, 0.05) is 11.9 Å². The predicted octanol–water partition coefficient (Wildman–Crippen LogP) is 3.84. The first-order valence-electron chi connectivity index (χ1n) is 9.07. The lowest BCUT2D eigenvalue weighted by atomic mass is 9.89. The number of nitrogens with one attached hydrogen (secondary N) is 1.